The average Bonchev–Trinajstić information content (AvgIpc) is 2.48. The second-order valence-corrected chi connectivity index (χ2v) is 6.22. The van der Waals surface area contributed by atoms with E-state index in [1.54, 1.807) is 0 Å². The van der Waals surface area contributed by atoms with E-state index in [1.165, 1.54) is 36.9 Å². The quantitative estimate of drug-likeness (QED) is 0.816. The van der Waals surface area contributed by atoms with E-state index in [-0.39, 0.29) is 0 Å². The highest BCUT2D eigenvalue weighted by atomic mass is 15.3. The highest BCUT2D eigenvalue weighted by molar-refractivity contribution is 5.61. The number of nitrogens with two attached hydrogens (primary N) is 1. The van der Waals surface area contributed by atoms with Gasteiger partial charge in [0.2, 0.25) is 0 Å². The van der Waals surface area contributed by atoms with E-state index in [0.29, 0.717) is 11.7 Å². The van der Waals surface area contributed by atoms with Crippen molar-refractivity contribution in [1.29, 1.82) is 0 Å². The minimum absolute atomic E-state index is 0.446. The van der Waals surface area contributed by atoms with E-state index >= 15 is 0 Å². The fourth-order valence-corrected chi connectivity index (χ4v) is 3.05. The Morgan fingerprint density at radius 1 is 1.24 bits per heavy atom. The molecule has 2 heterocycles. The summed E-state index contributed by atoms with van der Waals surface area (Å²) in [6, 6.07) is 0. The molecule has 0 spiro atoms. The Hall–Kier alpha value is -1.36. The molecule has 21 heavy (non-hydrogen) atoms. The SMILES string of the molecule is CCCCCC(C)c1c(N2CCN(C)CC2)cnnc1N. The third-order valence-electron chi connectivity index (χ3n) is 4.47. The molecule has 1 aliphatic rings. The van der Waals surface area contributed by atoms with Gasteiger partial charge in [0, 0.05) is 31.7 Å². The van der Waals surface area contributed by atoms with Gasteiger partial charge in [-0.15, -0.1) is 5.10 Å². The van der Waals surface area contributed by atoms with Crippen molar-refractivity contribution >= 4 is 11.5 Å². The molecule has 0 aliphatic carbocycles. The summed E-state index contributed by atoms with van der Waals surface area (Å²) in [5, 5.41) is 8.18. The second kappa shape index (κ2) is 7.59. The van der Waals surface area contributed by atoms with Crippen LogP contribution in [0.2, 0.25) is 0 Å². The lowest BCUT2D eigenvalue weighted by atomic mass is 9.94. The van der Waals surface area contributed by atoms with Crippen molar-refractivity contribution in [3.05, 3.63) is 11.8 Å². The molecule has 1 atom stereocenters. The Bertz CT molecular complexity index is 440. The molecular weight excluding hydrogens is 262 g/mol. The van der Waals surface area contributed by atoms with Crippen LogP contribution < -0.4 is 10.6 Å². The Labute approximate surface area is 128 Å². The minimum atomic E-state index is 0.446. The van der Waals surface area contributed by atoms with Gasteiger partial charge >= 0.3 is 0 Å². The molecule has 1 saturated heterocycles. The number of likely N-dealkylation sites (N-methyl/N-ethyl adjacent to an activating group) is 1. The van der Waals surface area contributed by atoms with Crippen LogP contribution in [0.25, 0.3) is 0 Å². The number of nitrogens with zero attached hydrogens (tertiary/aromatic N) is 4. The predicted octanol–water partition coefficient (Wildman–Crippen LogP) is 2.49. The molecule has 5 heteroatoms. The van der Waals surface area contributed by atoms with Crippen molar-refractivity contribution in [3.8, 4) is 0 Å². The Kier molecular flexibility index (Phi) is 5.79. The summed E-state index contributed by atoms with van der Waals surface area (Å²) in [7, 11) is 2.17. The van der Waals surface area contributed by atoms with Gasteiger partial charge in [0.15, 0.2) is 5.82 Å². The van der Waals surface area contributed by atoms with Crippen LogP contribution in [0.3, 0.4) is 0 Å². The maximum atomic E-state index is 6.15. The van der Waals surface area contributed by atoms with Crippen molar-refractivity contribution in [2.24, 2.45) is 0 Å². The first-order valence-corrected chi connectivity index (χ1v) is 8.18. The summed E-state index contributed by atoms with van der Waals surface area (Å²) in [5.74, 6) is 1.05. The maximum absolute atomic E-state index is 6.15. The van der Waals surface area contributed by atoms with Crippen molar-refractivity contribution in [3.63, 3.8) is 0 Å². The Morgan fingerprint density at radius 2 is 1.95 bits per heavy atom. The molecule has 1 aromatic rings. The van der Waals surface area contributed by atoms with E-state index in [9.17, 15) is 0 Å². The molecule has 0 radical (unpaired) electrons. The molecule has 0 bridgehead atoms. The molecule has 0 saturated carbocycles. The van der Waals surface area contributed by atoms with Crippen molar-refractivity contribution in [2.75, 3.05) is 43.9 Å². The lowest BCUT2D eigenvalue weighted by Crippen LogP contribution is -2.45. The van der Waals surface area contributed by atoms with Crippen LogP contribution in [0.4, 0.5) is 11.5 Å². The van der Waals surface area contributed by atoms with Crippen molar-refractivity contribution < 1.29 is 0 Å². The lowest BCUT2D eigenvalue weighted by Gasteiger charge is -2.35. The van der Waals surface area contributed by atoms with Gasteiger partial charge in [-0.1, -0.05) is 33.1 Å². The smallest absolute Gasteiger partial charge is 0.151 e. The molecule has 1 unspecified atom stereocenters. The van der Waals surface area contributed by atoms with Gasteiger partial charge in [0.05, 0.1) is 11.9 Å². The summed E-state index contributed by atoms with van der Waals surface area (Å²) >= 11 is 0. The first kappa shape index (κ1) is 16.0. The third kappa shape index (κ3) is 4.06. The van der Waals surface area contributed by atoms with Crippen LogP contribution in [0.5, 0.6) is 0 Å². The van der Waals surface area contributed by atoms with E-state index < -0.39 is 0 Å². The fraction of sp³-hybridized carbons (Fsp3) is 0.750. The van der Waals surface area contributed by atoms with Gasteiger partial charge in [-0.25, -0.2) is 0 Å². The number of hydrogen-bond donors (Lipinski definition) is 1. The zero-order chi connectivity index (χ0) is 15.2. The molecule has 118 valence electrons. The normalized spacial score (nSPS) is 18.0. The molecule has 2 rings (SSSR count). The number of nitrogen functional groups attached to an aromatic ring is 1. The number of rotatable bonds is 6. The van der Waals surface area contributed by atoms with Gasteiger partial charge in [0.1, 0.15) is 0 Å². The van der Waals surface area contributed by atoms with Crippen molar-refractivity contribution in [2.45, 2.75) is 45.4 Å². The zero-order valence-electron chi connectivity index (χ0n) is 13.7. The van der Waals surface area contributed by atoms with E-state index in [4.69, 9.17) is 5.73 Å². The predicted molar refractivity (Wildman–Crippen MR) is 88.7 cm³/mol. The van der Waals surface area contributed by atoms with Gasteiger partial charge in [0.25, 0.3) is 0 Å². The van der Waals surface area contributed by atoms with Gasteiger partial charge in [-0.05, 0) is 19.4 Å². The molecule has 1 aromatic heterocycles. The topological polar surface area (TPSA) is 58.3 Å². The third-order valence-corrected chi connectivity index (χ3v) is 4.47. The fourth-order valence-electron chi connectivity index (χ4n) is 3.05. The minimum Gasteiger partial charge on any atom is -0.382 e. The van der Waals surface area contributed by atoms with Gasteiger partial charge < -0.3 is 15.5 Å². The zero-order valence-corrected chi connectivity index (χ0v) is 13.7. The largest absolute Gasteiger partial charge is 0.382 e. The molecule has 1 aliphatic heterocycles. The summed E-state index contributed by atoms with van der Waals surface area (Å²) in [6.45, 7) is 8.76. The summed E-state index contributed by atoms with van der Waals surface area (Å²) in [5.41, 5.74) is 8.54. The molecular formula is C16H29N5. The molecule has 0 aromatic carbocycles. The molecule has 0 amide bonds. The number of anilines is 2. The van der Waals surface area contributed by atoms with Crippen LogP contribution in [-0.4, -0.2) is 48.3 Å². The summed E-state index contributed by atoms with van der Waals surface area (Å²) in [6.07, 6.45) is 6.86. The number of piperazine rings is 1. The molecule has 5 nitrogen and oxygen atoms in total. The average molecular weight is 291 g/mol. The number of unbranched alkanes of at least 4 members (excludes halogenated alkanes) is 2. The van der Waals surface area contributed by atoms with E-state index in [1.807, 2.05) is 6.20 Å². The van der Waals surface area contributed by atoms with Crippen LogP contribution in [0.15, 0.2) is 6.20 Å². The van der Waals surface area contributed by atoms with E-state index in [0.717, 1.165) is 26.2 Å². The monoisotopic (exact) mass is 291 g/mol. The Morgan fingerprint density at radius 3 is 2.62 bits per heavy atom. The standard InChI is InChI=1S/C16H29N5/c1-4-5-6-7-13(2)15-14(12-18-19-16(15)17)21-10-8-20(3)9-11-21/h12-13H,4-11H2,1-3H3,(H2,17,19). The van der Waals surface area contributed by atoms with Crippen molar-refractivity contribution in [1.82, 2.24) is 15.1 Å². The number of aromatic nitrogens is 2. The van der Waals surface area contributed by atoms with Crippen LogP contribution in [0, 0.1) is 0 Å². The first-order valence-electron chi connectivity index (χ1n) is 8.18. The lowest BCUT2D eigenvalue weighted by molar-refractivity contribution is 0.312. The molecule has 1 fully saturated rings. The van der Waals surface area contributed by atoms with Gasteiger partial charge in [-0.3, -0.25) is 0 Å². The van der Waals surface area contributed by atoms with Crippen LogP contribution in [0.1, 0.15) is 51.0 Å². The number of hydrogen-bond acceptors (Lipinski definition) is 5. The maximum Gasteiger partial charge on any atom is 0.151 e. The van der Waals surface area contributed by atoms with Crippen LogP contribution >= 0.6 is 0 Å². The summed E-state index contributed by atoms with van der Waals surface area (Å²) in [4.78, 5) is 4.77. The van der Waals surface area contributed by atoms with Crippen LogP contribution in [-0.2, 0) is 0 Å². The van der Waals surface area contributed by atoms with Gasteiger partial charge in [-0.2, -0.15) is 5.10 Å². The van der Waals surface area contributed by atoms with E-state index in [2.05, 4.69) is 40.9 Å². The second-order valence-electron chi connectivity index (χ2n) is 6.22. The summed E-state index contributed by atoms with van der Waals surface area (Å²) < 4.78 is 0. The highest BCUT2D eigenvalue weighted by Gasteiger charge is 2.22. The first-order chi connectivity index (χ1) is 10.1. The molecule has 2 N–H and O–H groups in total. The highest BCUT2D eigenvalue weighted by Crippen LogP contribution is 2.34. The Balaban J connectivity index is 2.15.